The van der Waals surface area contributed by atoms with Gasteiger partial charge in [-0.2, -0.15) is 0 Å². The Bertz CT molecular complexity index is 805. The van der Waals surface area contributed by atoms with E-state index in [1.54, 1.807) is 12.3 Å². The van der Waals surface area contributed by atoms with E-state index in [0.29, 0.717) is 18.3 Å². The van der Waals surface area contributed by atoms with Gasteiger partial charge in [0.15, 0.2) is 0 Å². The van der Waals surface area contributed by atoms with E-state index < -0.39 is 0 Å². The fraction of sp³-hybridized carbons (Fsp3) is 0.222. The molecule has 0 radical (unpaired) electrons. The van der Waals surface area contributed by atoms with E-state index in [9.17, 15) is 4.79 Å². The van der Waals surface area contributed by atoms with Gasteiger partial charge in [0.1, 0.15) is 5.82 Å². The number of anilines is 2. The fourth-order valence-corrected chi connectivity index (χ4v) is 2.52. The number of benzene rings is 1. The van der Waals surface area contributed by atoms with E-state index in [2.05, 4.69) is 34.4 Å². The van der Waals surface area contributed by atoms with Crippen LogP contribution in [0.3, 0.4) is 0 Å². The largest absolute Gasteiger partial charge is 0.382 e. The second kappa shape index (κ2) is 6.52. The second-order valence-electron chi connectivity index (χ2n) is 5.82. The molecule has 2 aromatic heterocycles. The first kappa shape index (κ1) is 15.1. The van der Waals surface area contributed by atoms with Gasteiger partial charge in [0.05, 0.1) is 18.3 Å². The summed E-state index contributed by atoms with van der Waals surface area (Å²) in [6.45, 7) is 4.13. The van der Waals surface area contributed by atoms with Crippen LogP contribution in [0.1, 0.15) is 19.4 Å². The molecule has 0 unspecified atom stereocenters. The number of nitrogens with one attached hydrogen (secondary N) is 3. The van der Waals surface area contributed by atoms with Crippen molar-refractivity contribution in [3.63, 3.8) is 0 Å². The maximum absolute atomic E-state index is 12.2. The molecule has 0 aliphatic carbocycles. The van der Waals surface area contributed by atoms with Crippen LogP contribution in [-0.2, 0) is 11.2 Å². The highest BCUT2D eigenvalue weighted by atomic mass is 16.1. The molecule has 1 aromatic carbocycles. The summed E-state index contributed by atoms with van der Waals surface area (Å²) in [5.74, 6) is 0.482. The molecule has 3 N–H and O–H groups in total. The maximum atomic E-state index is 12.2. The molecule has 0 spiro atoms. The third kappa shape index (κ3) is 3.69. The summed E-state index contributed by atoms with van der Waals surface area (Å²) in [6, 6.07) is 12.0. The van der Waals surface area contributed by atoms with Crippen molar-refractivity contribution in [2.24, 2.45) is 0 Å². The molecule has 0 fully saturated rings. The molecule has 0 aliphatic heterocycles. The number of para-hydroxylation sites is 1. The Labute approximate surface area is 135 Å². The van der Waals surface area contributed by atoms with Gasteiger partial charge in [-0.1, -0.05) is 18.2 Å². The Balaban J connectivity index is 1.65. The number of rotatable bonds is 5. The number of hydrogen-bond acceptors (Lipinski definition) is 3. The molecule has 0 atom stereocenters. The Morgan fingerprint density at radius 3 is 2.78 bits per heavy atom. The van der Waals surface area contributed by atoms with Gasteiger partial charge < -0.3 is 15.6 Å². The van der Waals surface area contributed by atoms with Crippen LogP contribution in [0.2, 0.25) is 0 Å². The van der Waals surface area contributed by atoms with Crippen LogP contribution in [0.5, 0.6) is 0 Å². The van der Waals surface area contributed by atoms with Gasteiger partial charge in [0, 0.05) is 23.1 Å². The number of hydrogen-bond donors (Lipinski definition) is 3. The molecule has 3 aromatic rings. The van der Waals surface area contributed by atoms with Crippen molar-refractivity contribution >= 4 is 28.3 Å². The fourth-order valence-electron chi connectivity index (χ4n) is 2.52. The molecule has 23 heavy (non-hydrogen) atoms. The average molecular weight is 308 g/mol. The molecule has 0 saturated heterocycles. The second-order valence-corrected chi connectivity index (χ2v) is 5.82. The molecule has 2 heterocycles. The Morgan fingerprint density at radius 2 is 2.04 bits per heavy atom. The molecule has 0 bridgehead atoms. The first-order chi connectivity index (χ1) is 11.1. The van der Waals surface area contributed by atoms with Crippen molar-refractivity contribution in [2.45, 2.75) is 26.3 Å². The Morgan fingerprint density at radius 1 is 1.22 bits per heavy atom. The highest BCUT2D eigenvalue weighted by Crippen LogP contribution is 2.18. The number of nitrogens with zero attached hydrogens (tertiary/aromatic N) is 1. The molecule has 0 saturated carbocycles. The summed E-state index contributed by atoms with van der Waals surface area (Å²) in [4.78, 5) is 19.6. The molecule has 1 amide bonds. The molecule has 5 nitrogen and oxygen atoms in total. The standard InChI is InChI=1S/C18H20N4O/c1-12(2)21-14-7-8-17(20-11-14)22-18(23)9-13-10-19-16-6-4-3-5-15(13)16/h3-8,10-12,19,21H,9H2,1-2H3,(H,20,22,23). The van der Waals surface area contributed by atoms with Crippen LogP contribution in [-0.4, -0.2) is 21.9 Å². The van der Waals surface area contributed by atoms with Crippen molar-refractivity contribution in [1.29, 1.82) is 0 Å². The highest BCUT2D eigenvalue weighted by molar-refractivity contribution is 5.95. The van der Waals surface area contributed by atoms with E-state index in [1.807, 2.05) is 36.5 Å². The predicted octanol–water partition coefficient (Wildman–Crippen LogP) is 3.56. The van der Waals surface area contributed by atoms with Crippen LogP contribution in [0.15, 0.2) is 48.8 Å². The summed E-state index contributed by atoms with van der Waals surface area (Å²) < 4.78 is 0. The SMILES string of the molecule is CC(C)Nc1ccc(NC(=O)Cc2c[nH]c3ccccc23)nc1. The molecule has 0 aliphatic rings. The van der Waals surface area contributed by atoms with Gasteiger partial charge in [-0.15, -0.1) is 0 Å². The van der Waals surface area contributed by atoms with E-state index in [0.717, 1.165) is 22.2 Å². The number of pyridine rings is 1. The minimum absolute atomic E-state index is 0.0770. The first-order valence-corrected chi connectivity index (χ1v) is 7.69. The van der Waals surface area contributed by atoms with Gasteiger partial charge in [0.2, 0.25) is 5.91 Å². The van der Waals surface area contributed by atoms with Gasteiger partial charge in [0.25, 0.3) is 0 Å². The number of aromatic amines is 1. The molecule has 5 heteroatoms. The van der Waals surface area contributed by atoms with Crippen LogP contribution in [0.4, 0.5) is 11.5 Å². The van der Waals surface area contributed by atoms with Crippen molar-refractivity contribution in [1.82, 2.24) is 9.97 Å². The summed E-state index contributed by atoms with van der Waals surface area (Å²) in [7, 11) is 0. The Hall–Kier alpha value is -2.82. The zero-order valence-electron chi connectivity index (χ0n) is 13.3. The minimum atomic E-state index is -0.0770. The van der Waals surface area contributed by atoms with E-state index >= 15 is 0 Å². The number of carbonyl (C=O) groups is 1. The summed E-state index contributed by atoms with van der Waals surface area (Å²) >= 11 is 0. The molecule has 3 rings (SSSR count). The van der Waals surface area contributed by atoms with Crippen LogP contribution in [0, 0.1) is 0 Å². The molecule has 118 valence electrons. The quantitative estimate of drug-likeness (QED) is 0.675. The zero-order valence-corrected chi connectivity index (χ0v) is 13.3. The molecular formula is C18H20N4O. The third-order valence-corrected chi connectivity index (χ3v) is 3.51. The molecular weight excluding hydrogens is 288 g/mol. The first-order valence-electron chi connectivity index (χ1n) is 7.69. The summed E-state index contributed by atoms with van der Waals surface area (Å²) in [5, 5.41) is 7.17. The highest BCUT2D eigenvalue weighted by Gasteiger charge is 2.09. The van der Waals surface area contributed by atoms with Crippen molar-refractivity contribution in [3.05, 3.63) is 54.4 Å². The number of aromatic nitrogens is 2. The van der Waals surface area contributed by atoms with E-state index in [4.69, 9.17) is 0 Å². The Kier molecular flexibility index (Phi) is 4.28. The number of amides is 1. The van der Waals surface area contributed by atoms with Gasteiger partial charge >= 0.3 is 0 Å². The lowest BCUT2D eigenvalue weighted by Gasteiger charge is -2.10. The lowest BCUT2D eigenvalue weighted by atomic mass is 10.1. The van der Waals surface area contributed by atoms with E-state index in [-0.39, 0.29) is 5.91 Å². The van der Waals surface area contributed by atoms with Crippen LogP contribution < -0.4 is 10.6 Å². The van der Waals surface area contributed by atoms with Crippen molar-refractivity contribution < 1.29 is 4.79 Å². The summed E-state index contributed by atoms with van der Waals surface area (Å²) in [6.07, 6.45) is 3.92. The third-order valence-electron chi connectivity index (χ3n) is 3.51. The summed E-state index contributed by atoms with van der Waals surface area (Å²) in [5.41, 5.74) is 2.96. The lowest BCUT2D eigenvalue weighted by molar-refractivity contribution is -0.115. The monoisotopic (exact) mass is 308 g/mol. The smallest absolute Gasteiger partial charge is 0.230 e. The maximum Gasteiger partial charge on any atom is 0.230 e. The van der Waals surface area contributed by atoms with E-state index in [1.165, 1.54) is 0 Å². The normalized spacial score (nSPS) is 10.9. The zero-order chi connectivity index (χ0) is 16.2. The van der Waals surface area contributed by atoms with Crippen molar-refractivity contribution in [3.8, 4) is 0 Å². The van der Waals surface area contributed by atoms with Gasteiger partial charge in [-0.3, -0.25) is 4.79 Å². The number of fused-ring (bicyclic) bond motifs is 1. The van der Waals surface area contributed by atoms with Crippen molar-refractivity contribution in [2.75, 3.05) is 10.6 Å². The number of H-pyrrole nitrogens is 1. The van der Waals surface area contributed by atoms with Gasteiger partial charge in [-0.25, -0.2) is 4.98 Å². The lowest BCUT2D eigenvalue weighted by Crippen LogP contribution is -2.15. The minimum Gasteiger partial charge on any atom is -0.382 e. The number of carbonyl (C=O) groups excluding carboxylic acids is 1. The van der Waals surface area contributed by atoms with Crippen LogP contribution >= 0.6 is 0 Å². The van der Waals surface area contributed by atoms with Gasteiger partial charge in [-0.05, 0) is 37.6 Å². The predicted molar refractivity (Wildman–Crippen MR) is 93.6 cm³/mol. The topological polar surface area (TPSA) is 69.8 Å². The van der Waals surface area contributed by atoms with Crippen LogP contribution in [0.25, 0.3) is 10.9 Å². The average Bonchev–Trinajstić information content (AvgIpc) is 2.92.